The van der Waals surface area contributed by atoms with Crippen LogP contribution in [0.3, 0.4) is 0 Å². The second-order valence-corrected chi connectivity index (χ2v) is 2.61. The van der Waals surface area contributed by atoms with Gasteiger partial charge in [-0.15, -0.1) is 0 Å². The van der Waals surface area contributed by atoms with Crippen molar-refractivity contribution in [2.24, 2.45) is 0 Å². The highest BCUT2D eigenvalue weighted by Crippen LogP contribution is 2.20. The smallest absolute Gasteiger partial charge is 0.133 e. The largest absolute Gasteiger partial charge is 0.395 e. The average molecular weight is 183 g/mol. The van der Waals surface area contributed by atoms with Crippen molar-refractivity contribution in [3.05, 3.63) is 29.0 Å². The summed E-state index contributed by atoms with van der Waals surface area (Å²) in [5, 5.41) is 17.7. The quantitative estimate of drug-likeness (QED) is 0.703. The second-order valence-electron chi connectivity index (χ2n) is 2.25. The summed E-state index contributed by atoms with van der Waals surface area (Å²) in [4.78, 5) is 3.80. The predicted octanol–water partition coefficient (Wildman–Crippen LogP) is 1.33. The van der Waals surface area contributed by atoms with Gasteiger partial charge >= 0.3 is 0 Å². The van der Waals surface area contributed by atoms with Crippen LogP contribution in [0.25, 0.3) is 0 Å². The molecule has 1 N–H and O–H groups in total. The Hall–Kier alpha value is -1.11. The Bertz CT molecular complexity index is 308. The normalized spacial score (nSPS) is 12.1. The lowest BCUT2D eigenvalue weighted by atomic mass is 10.0. The third kappa shape index (κ3) is 1.73. The first-order valence-electron chi connectivity index (χ1n) is 3.40. The van der Waals surface area contributed by atoms with E-state index in [2.05, 4.69) is 4.98 Å². The van der Waals surface area contributed by atoms with Gasteiger partial charge in [0.15, 0.2) is 0 Å². The standard InChI is InChI=1S/C8H7ClN2O/c9-8-7(2-1-3-11-8)6(4-10)5-12/h1-3,6,12H,5H2. The number of aliphatic hydroxyl groups excluding tert-OH is 1. The molecule has 0 aliphatic heterocycles. The molecular formula is C8H7ClN2O. The highest BCUT2D eigenvalue weighted by Gasteiger charge is 2.12. The van der Waals surface area contributed by atoms with Gasteiger partial charge in [-0.25, -0.2) is 4.98 Å². The minimum absolute atomic E-state index is 0.234. The number of hydrogen-bond acceptors (Lipinski definition) is 3. The van der Waals surface area contributed by atoms with E-state index in [1.807, 2.05) is 6.07 Å². The first-order chi connectivity index (χ1) is 5.79. The summed E-state index contributed by atoms with van der Waals surface area (Å²) in [5.41, 5.74) is 0.573. The Morgan fingerprint density at radius 1 is 1.75 bits per heavy atom. The van der Waals surface area contributed by atoms with E-state index in [1.54, 1.807) is 12.1 Å². The lowest BCUT2D eigenvalue weighted by Gasteiger charge is -2.05. The number of aliphatic hydroxyl groups is 1. The zero-order chi connectivity index (χ0) is 8.97. The maximum Gasteiger partial charge on any atom is 0.133 e. The van der Waals surface area contributed by atoms with Gasteiger partial charge in [0.05, 0.1) is 18.6 Å². The van der Waals surface area contributed by atoms with Crippen LogP contribution in [0.5, 0.6) is 0 Å². The molecule has 4 heteroatoms. The Morgan fingerprint density at radius 2 is 2.50 bits per heavy atom. The van der Waals surface area contributed by atoms with Gasteiger partial charge in [-0.3, -0.25) is 0 Å². The van der Waals surface area contributed by atoms with Gasteiger partial charge in [0.25, 0.3) is 0 Å². The van der Waals surface area contributed by atoms with Crippen LogP contribution >= 0.6 is 11.6 Å². The Kier molecular flexibility index (Phi) is 3.03. The van der Waals surface area contributed by atoms with Crippen LogP contribution in [0, 0.1) is 11.3 Å². The summed E-state index contributed by atoms with van der Waals surface area (Å²) in [6.07, 6.45) is 1.54. The van der Waals surface area contributed by atoms with E-state index < -0.39 is 5.92 Å². The van der Waals surface area contributed by atoms with Crippen molar-refractivity contribution in [1.29, 1.82) is 5.26 Å². The van der Waals surface area contributed by atoms with Crippen LogP contribution in [0.1, 0.15) is 11.5 Å². The molecule has 1 aromatic heterocycles. The van der Waals surface area contributed by atoms with Crippen LogP contribution in [0.2, 0.25) is 5.15 Å². The number of aromatic nitrogens is 1. The van der Waals surface area contributed by atoms with Crippen molar-refractivity contribution in [2.75, 3.05) is 6.61 Å². The molecule has 0 saturated heterocycles. The molecule has 0 aromatic carbocycles. The SMILES string of the molecule is N#CC(CO)c1cccnc1Cl. The van der Waals surface area contributed by atoms with Crippen molar-refractivity contribution in [3.63, 3.8) is 0 Å². The molecule has 1 atom stereocenters. The summed E-state index contributed by atoms with van der Waals surface area (Å²) in [6.45, 7) is -0.234. The fraction of sp³-hybridized carbons (Fsp3) is 0.250. The van der Waals surface area contributed by atoms with Crippen LogP contribution in [-0.4, -0.2) is 16.7 Å². The fourth-order valence-corrected chi connectivity index (χ4v) is 1.12. The number of pyridine rings is 1. The van der Waals surface area contributed by atoms with Crippen LogP contribution in [-0.2, 0) is 0 Å². The number of hydrogen-bond donors (Lipinski definition) is 1. The van der Waals surface area contributed by atoms with Crippen molar-refractivity contribution < 1.29 is 5.11 Å². The molecule has 0 fully saturated rings. The van der Waals surface area contributed by atoms with Gasteiger partial charge in [-0.05, 0) is 6.07 Å². The molecular weight excluding hydrogens is 176 g/mol. The van der Waals surface area contributed by atoms with Gasteiger partial charge in [0, 0.05) is 11.8 Å². The molecule has 0 saturated carbocycles. The highest BCUT2D eigenvalue weighted by molar-refractivity contribution is 6.30. The Morgan fingerprint density at radius 3 is 3.00 bits per heavy atom. The van der Waals surface area contributed by atoms with Crippen LogP contribution < -0.4 is 0 Å². The molecule has 1 heterocycles. The summed E-state index contributed by atoms with van der Waals surface area (Å²) in [5.74, 6) is -0.578. The monoisotopic (exact) mass is 182 g/mol. The summed E-state index contributed by atoms with van der Waals surface area (Å²) < 4.78 is 0. The van der Waals surface area contributed by atoms with Crippen molar-refractivity contribution in [3.8, 4) is 6.07 Å². The van der Waals surface area contributed by atoms with E-state index in [4.69, 9.17) is 22.0 Å². The molecule has 12 heavy (non-hydrogen) atoms. The van der Waals surface area contributed by atoms with E-state index in [0.29, 0.717) is 5.56 Å². The minimum atomic E-state index is -0.578. The lowest BCUT2D eigenvalue weighted by Crippen LogP contribution is -2.02. The van der Waals surface area contributed by atoms with Crippen molar-refractivity contribution in [1.82, 2.24) is 4.98 Å². The number of rotatable bonds is 2. The third-order valence-corrected chi connectivity index (χ3v) is 1.82. The van der Waals surface area contributed by atoms with Gasteiger partial charge < -0.3 is 5.11 Å². The van der Waals surface area contributed by atoms with E-state index in [1.165, 1.54) is 6.20 Å². The summed E-state index contributed by atoms with van der Waals surface area (Å²) in [7, 11) is 0. The van der Waals surface area contributed by atoms with E-state index in [0.717, 1.165) is 0 Å². The lowest BCUT2D eigenvalue weighted by molar-refractivity contribution is 0.286. The first kappa shape index (κ1) is 8.98. The molecule has 0 amide bonds. The number of nitriles is 1. The van der Waals surface area contributed by atoms with Crippen molar-refractivity contribution in [2.45, 2.75) is 5.92 Å². The zero-order valence-electron chi connectivity index (χ0n) is 6.24. The molecule has 0 bridgehead atoms. The van der Waals surface area contributed by atoms with E-state index in [9.17, 15) is 0 Å². The summed E-state index contributed by atoms with van der Waals surface area (Å²) >= 11 is 5.70. The average Bonchev–Trinajstić information content (AvgIpc) is 2.10. The summed E-state index contributed by atoms with van der Waals surface area (Å²) in [6, 6.07) is 5.30. The first-order valence-corrected chi connectivity index (χ1v) is 3.78. The van der Waals surface area contributed by atoms with E-state index in [-0.39, 0.29) is 11.8 Å². The Labute approximate surface area is 75.2 Å². The molecule has 1 unspecified atom stereocenters. The maximum absolute atomic E-state index is 8.79. The second kappa shape index (κ2) is 4.05. The van der Waals surface area contributed by atoms with Gasteiger partial charge in [0.2, 0.25) is 0 Å². The molecule has 62 valence electrons. The topological polar surface area (TPSA) is 56.9 Å². The molecule has 0 aliphatic carbocycles. The number of halogens is 1. The minimum Gasteiger partial charge on any atom is -0.395 e. The van der Waals surface area contributed by atoms with Gasteiger partial charge in [-0.1, -0.05) is 17.7 Å². The zero-order valence-corrected chi connectivity index (χ0v) is 6.99. The van der Waals surface area contributed by atoms with Crippen molar-refractivity contribution >= 4 is 11.6 Å². The predicted molar refractivity (Wildman–Crippen MR) is 44.7 cm³/mol. The van der Waals surface area contributed by atoms with Gasteiger partial charge in [0.1, 0.15) is 5.15 Å². The van der Waals surface area contributed by atoms with E-state index >= 15 is 0 Å². The highest BCUT2D eigenvalue weighted by atomic mass is 35.5. The Balaban J connectivity index is 3.02. The molecule has 0 radical (unpaired) electrons. The van der Waals surface area contributed by atoms with Crippen LogP contribution in [0.15, 0.2) is 18.3 Å². The van der Waals surface area contributed by atoms with Crippen LogP contribution in [0.4, 0.5) is 0 Å². The molecule has 1 rings (SSSR count). The molecule has 3 nitrogen and oxygen atoms in total. The molecule has 0 spiro atoms. The molecule has 0 aliphatic rings. The number of nitrogens with zero attached hydrogens (tertiary/aromatic N) is 2. The fourth-order valence-electron chi connectivity index (χ4n) is 0.867. The maximum atomic E-state index is 8.79. The third-order valence-electron chi connectivity index (χ3n) is 1.50. The van der Waals surface area contributed by atoms with Gasteiger partial charge in [-0.2, -0.15) is 5.26 Å². The molecule has 1 aromatic rings.